The number of hydrogen-bond acceptors (Lipinski definition) is 3. The first-order valence-corrected chi connectivity index (χ1v) is 7.48. The van der Waals surface area contributed by atoms with Crippen molar-refractivity contribution in [3.63, 3.8) is 0 Å². The lowest BCUT2D eigenvalue weighted by Gasteiger charge is -2.19. The maximum Gasteiger partial charge on any atom is 0.416 e. The molecule has 0 aliphatic carbocycles. The first kappa shape index (κ1) is 17.1. The highest BCUT2D eigenvalue weighted by molar-refractivity contribution is 6.06. The third-order valence-corrected chi connectivity index (χ3v) is 4.10. The number of carbonyl (C=O) groups is 2. The monoisotopic (exact) mass is 352 g/mol. The lowest BCUT2D eigenvalue weighted by molar-refractivity contribution is -0.137. The molecule has 1 unspecified atom stereocenters. The van der Waals surface area contributed by atoms with Gasteiger partial charge in [-0.2, -0.15) is 13.2 Å². The van der Waals surface area contributed by atoms with E-state index in [2.05, 4.69) is 5.32 Å². The minimum atomic E-state index is -4.49. The summed E-state index contributed by atoms with van der Waals surface area (Å²) in [6.07, 6.45) is -4.49. The Morgan fingerprint density at radius 3 is 2.52 bits per heavy atom. The minimum absolute atomic E-state index is 0.207. The van der Waals surface area contributed by atoms with Gasteiger partial charge < -0.3 is 9.73 Å². The molecule has 1 aromatic carbocycles. The van der Waals surface area contributed by atoms with E-state index in [1.807, 2.05) is 0 Å². The SMILES string of the molecule is Cc1ccc(C2(C)NC(=O)N(Cc3cccc(C(F)(F)F)c3)C2=O)o1. The minimum Gasteiger partial charge on any atom is -0.463 e. The quantitative estimate of drug-likeness (QED) is 0.859. The lowest BCUT2D eigenvalue weighted by atomic mass is 9.99. The van der Waals surface area contributed by atoms with Crippen LogP contribution in [0, 0.1) is 6.92 Å². The van der Waals surface area contributed by atoms with E-state index >= 15 is 0 Å². The van der Waals surface area contributed by atoms with Gasteiger partial charge in [0, 0.05) is 0 Å². The molecule has 1 atom stereocenters. The van der Waals surface area contributed by atoms with Crippen molar-refractivity contribution < 1.29 is 27.2 Å². The van der Waals surface area contributed by atoms with Crippen LogP contribution >= 0.6 is 0 Å². The van der Waals surface area contributed by atoms with Crippen LogP contribution in [0.2, 0.25) is 0 Å². The van der Waals surface area contributed by atoms with Crippen LogP contribution in [0.25, 0.3) is 0 Å². The van der Waals surface area contributed by atoms with E-state index in [1.165, 1.54) is 19.1 Å². The van der Waals surface area contributed by atoms with E-state index in [0.29, 0.717) is 5.76 Å². The third kappa shape index (κ3) is 2.99. The van der Waals surface area contributed by atoms with Crippen LogP contribution in [0.3, 0.4) is 0 Å². The number of alkyl halides is 3. The largest absolute Gasteiger partial charge is 0.463 e. The molecular formula is C17H15F3N2O3. The van der Waals surface area contributed by atoms with Gasteiger partial charge in [0.25, 0.3) is 5.91 Å². The van der Waals surface area contributed by atoms with Gasteiger partial charge in [0.15, 0.2) is 5.54 Å². The van der Waals surface area contributed by atoms with Crippen LogP contribution in [0.5, 0.6) is 0 Å². The van der Waals surface area contributed by atoms with E-state index in [9.17, 15) is 22.8 Å². The average molecular weight is 352 g/mol. The summed E-state index contributed by atoms with van der Waals surface area (Å²) in [6.45, 7) is 2.94. The molecule has 132 valence electrons. The number of furan rings is 1. The highest BCUT2D eigenvalue weighted by atomic mass is 19.4. The van der Waals surface area contributed by atoms with Crippen molar-refractivity contribution in [2.75, 3.05) is 0 Å². The Labute approximate surface area is 141 Å². The van der Waals surface area contributed by atoms with Crippen molar-refractivity contribution in [1.82, 2.24) is 10.2 Å². The molecule has 1 saturated heterocycles. The fraction of sp³-hybridized carbons (Fsp3) is 0.294. The second-order valence-electron chi connectivity index (χ2n) is 6.05. The Morgan fingerprint density at radius 2 is 1.92 bits per heavy atom. The molecule has 1 aromatic heterocycles. The molecule has 3 rings (SSSR count). The Morgan fingerprint density at radius 1 is 1.20 bits per heavy atom. The fourth-order valence-electron chi connectivity index (χ4n) is 2.74. The van der Waals surface area contributed by atoms with Gasteiger partial charge in [0.05, 0.1) is 12.1 Å². The zero-order valence-electron chi connectivity index (χ0n) is 13.5. The number of hydrogen-bond donors (Lipinski definition) is 1. The third-order valence-electron chi connectivity index (χ3n) is 4.10. The van der Waals surface area contributed by atoms with Crippen molar-refractivity contribution in [2.45, 2.75) is 32.1 Å². The van der Waals surface area contributed by atoms with Crippen LogP contribution in [0.15, 0.2) is 40.8 Å². The maximum atomic E-state index is 12.8. The number of aryl methyl sites for hydroxylation is 1. The summed E-state index contributed by atoms with van der Waals surface area (Å²) in [6, 6.07) is 7.10. The molecular weight excluding hydrogens is 337 g/mol. The molecule has 0 spiro atoms. The van der Waals surface area contributed by atoms with Gasteiger partial charge in [-0.25, -0.2) is 4.79 Å². The highest BCUT2D eigenvalue weighted by Crippen LogP contribution is 2.32. The van der Waals surface area contributed by atoms with Crippen molar-refractivity contribution in [3.05, 3.63) is 59.0 Å². The van der Waals surface area contributed by atoms with Crippen LogP contribution in [-0.4, -0.2) is 16.8 Å². The summed E-state index contributed by atoms with van der Waals surface area (Å²) in [7, 11) is 0. The molecule has 1 fully saturated rings. The van der Waals surface area contributed by atoms with Gasteiger partial charge >= 0.3 is 12.2 Å². The van der Waals surface area contributed by atoms with Crippen LogP contribution in [0.4, 0.5) is 18.0 Å². The smallest absolute Gasteiger partial charge is 0.416 e. The average Bonchev–Trinajstić information content (AvgIpc) is 3.05. The second-order valence-corrected chi connectivity index (χ2v) is 6.05. The van der Waals surface area contributed by atoms with E-state index in [4.69, 9.17) is 4.42 Å². The summed E-state index contributed by atoms with van der Waals surface area (Å²) < 4.78 is 43.9. The molecule has 0 saturated carbocycles. The predicted molar refractivity (Wildman–Crippen MR) is 81.3 cm³/mol. The zero-order chi connectivity index (χ0) is 18.4. The summed E-state index contributed by atoms with van der Waals surface area (Å²) >= 11 is 0. The van der Waals surface area contributed by atoms with Crippen LogP contribution in [0.1, 0.15) is 29.6 Å². The fourth-order valence-corrected chi connectivity index (χ4v) is 2.74. The number of nitrogens with one attached hydrogen (secondary N) is 1. The van der Waals surface area contributed by atoms with Crippen LogP contribution < -0.4 is 5.32 Å². The van der Waals surface area contributed by atoms with Gasteiger partial charge in [0.1, 0.15) is 11.5 Å². The lowest BCUT2D eigenvalue weighted by Crippen LogP contribution is -2.40. The van der Waals surface area contributed by atoms with E-state index in [0.717, 1.165) is 17.0 Å². The standard InChI is InChI=1S/C17H15F3N2O3/c1-10-6-7-13(25-10)16(2)14(23)22(15(24)21-16)9-11-4-3-5-12(8-11)17(18,19)20/h3-8H,9H2,1-2H3,(H,21,24). The molecule has 25 heavy (non-hydrogen) atoms. The molecule has 8 heteroatoms. The molecule has 3 amide bonds. The molecule has 1 aliphatic heterocycles. The molecule has 2 aromatic rings. The molecule has 0 bridgehead atoms. The number of imide groups is 1. The molecule has 1 N–H and O–H groups in total. The van der Waals surface area contributed by atoms with Gasteiger partial charge in [0.2, 0.25) is 0 Å². The number of benzene rings is 1. The summed E-state index contributed by atoms with van der Waals surface area (Å²) in [5, 5.41) is 2.55. The highest BCUT2D eigenvalue weighted by Gasteiger charge is 2.51. The molecule has 0 radical (unpaired) electrons. The first-order valence-electron chi connectivity index (χ1n) is 7.48. The van der Waals surface area contributed by atoms with Gasteiger partial charge in [-0.15, -0.1) is 0 Å². The Hall–Kier alpha value is -2.77. The predicted octanol–water partition coefficient (Wildman–Crippen LogP) is 3.57. The van der Waals surface area contributed by atoms with E-state index in [1.54, 1.807) is 19.1 Å². The van der Waals surface area contributed by atoms with Crippen LogP contribution in [-0.2, 0) is 23.1 Å². The van der Waals surface area contributed by atoms with Crippen molar-refractivity contribution >= 4 is 11.9 Å². The molecule has 5 nitrogen and oxygen atoms in total. The summed E-state index contributed by atoms with van der Waals surface area (Å²) in [5.41, 5.74) is -2.01. The molecule has 2 heterocycles. The van der Waals surface area contributed by atoms with Gasteiger partial charge in [-0.3, -0.25) is 9.69 Å². The van der Waals surface area contributed by atoms with Gasteiger partial charge in [-0.05, 0) is 43.7 Å². The van der Waals surface area contributed by atoms with E-state index < -0.39 is 29.2 Å². The van der Waals surface area contributed by atoms with Gasteiger partial charge in [-0.1, -0.05) is 12.1 Å². The zero-order valence-corrected chi connectivity index (χ0v) is 13.5. The Kier molecular flexibility index (Phi) is 3.85. The number of nitrogens with zero attached hydrogens (tertiary/aromatic N) is 1. The first-order chi connectivity index (χ1) is 11.6. The summed E-state index contributed by atoms with van der Waals surface area (Å²) in [5.74, 6) is 0.272. The number of carbonyl (C=O) groups excluding carboxylic acids is 2. The number of halogens is 3. The Bertz CT molecular complexity index is 844. The normalized spacial score (nSPS) is 20.9. The second kappa shape index (κ2) is 5.65. The maximum absolute atomic E-state index is 12.8. The Balaban J connectivity index is 1.87. The topological polar surface area (TPSA) is 62.6 Å². The number of amides is 3. The molecule has 1 aliphatic rings. The van der Waals surface area contributed by atoms with Crippen molar-refractivity contribution in [3.8, 4) is 0 Å². The van der Waals surface area contributed by atoms with Crippen molar-refractivity contribution in [2.24, 2.45) is 0 Å². The van der Waals surface area contributed by atoms with Crippen molar-refractivity contribution in [1.29, 1.82) is 0 Å². The summed E-state index contributed by atoms with van der Waals surface area (Å²) in [4.78, 5) is 25.8. The van der Waals surface area contributed by atoms with E-state index in [-0.39, 0.29) is 17.9 Å². The number of rotatable bonds is 3. The number of urea groups is 1.